The van der Waals surface area contributed by atoms with Gasteiger partial charge in [-0.25, -0.2) is 0 Å². The Morgan fingerprint density at radius 3 is 2.40 bits per heavy atom. The molecule has 1 aromatic heterocycles. The summed E-state index contributed by atoms with van der Waals surface area (Å²) in [5, 5.41) is 0. The van der Waals surface area contributed by atoms with E-state index in [-0.39, 0.29) is 0 Å². The van der Waals surface area contributed by atoms with E-state index in [0.717, 1.165) is 11.1 Å². The molecule has 2 rings (SSSR count). The fraction of sp³-hybridized carbons (Fsp3) is 0. The van der Waals surface area contributed by atoms with Gasteiger partial charge >= 0.3 is 0 Å². The number of nitrogens with zero attached hydrogens (tertiary/aromatic N) is 1. The van der Waals surface area contributed by atoms with E-state index < -0.39 is 0 Å². The van der Waals surface area contributed by atoms with E-state index in [1.165, 1.54) is 0 Å². The lowest BCUT2D eigenvalue weighted by Gasteiger charge is -2.06. The Labute approximate surface area is 87.7 Å². The van der Waals surface area contributed by atoms with Crippen LogP contribution in [0.3, 0.4) is 0 Å². The van der Waals surface area contributed by atoms with E-state index >= 15 is 0 Å². The Bertz CT molecular complexity index is 494. The van der Waals surface area contributed by atoms with Crippen LogP contribution in [0.2, 0.25) is 0 Å². The molecule has 0 bridgehead atoms. The van der Waals surface area contributed by atoms with Crippen molar-refractivity contribution in [1.82, 2.24) is 4.98 Å². The zero-order valence-corrected chi connectivity index (χ0v) is 8.14. The standard InChI is InChI=1S/C11H12N4/c12-8-1-2-11(14)10(4-8)7-3-9(13)6-15-5-7/h1-6H,12-14H2. The van der Waals surface area contributed by atoms with Gasteiger partial charge < -0.3 is 17.2 Å². The van der Waals surface area contributed by atoms with Crippen LogP contribution in [0, 0.1) is 0 Å². The summed E-state index contributed by atoms with van der Waals surface area (Å²) >= 11 is 0. The minimum atomic E-state index is 0.606. The summed E-state index contributed by atoms with van der Waals surface area (Å²) in [5.41, 5.74) is 20.9. The molecule has 0 radical (unpaired) electrons. The SMILES string of the molecule is Nc1cncc(-c2cc(N)ccc2N)c1. The highest BCUT2D eigenvalue weighted by Gasteiger charge is 2.03. The minimum Gasteiger partial charge on any atom is -0.399 e. The second-order valence-electron chi connectivity index (χ2n) is 3.35. The Morgan fingerprint density at radius 2 is 1.67 bits per heavy atom. The van der Waals surface area contributed by atoms with Gasteiger partial charge in [0, 0.05) is 34.9 Å². The first-order valence-corrected chi connectivity index (χ1v) is 4.53. The van der Waals surface area contributed by atoms with E-state index in [9.17, 15) is 0 Å². The van der Waals surface area contributed by atoms with E-state index in [1.54, 1.807) is 24.5 Å². The van der Waals surface area contributed by atoms with Crippen molar-refractivity contribution in [3.8, 4) is 11.1 Å². The second kappa shape index (κ2) is 3.49. The van der Waals surface area contributed by atoms with E-state index in [0.29, 0.717) is 17.1 Å². The van der Waals surface area contributed by atoms with Gasteiger partial charge in [-0.2, -0.15) is 0 Å². The van der Waals surface area contributed by atoms with Crippen LogP contribution in [-0.2, 0) is 0 Å². The van der Waals surface area contributed by atoms with Gasteiger partial charge in [0.15, 0.2) is 0 Å². The molecule has 0 aliphatic heterocycles. The predicted molar refractivity (Wildman–Crippen MR) is 62.9 cm³/mol. The van der Waals surface area contributed by atoms with Gasteiger partial charge in [0.1, 0.15) is 0 Å². The molecule has 4 nitrogen and oxygen atoms in total. The predicted octanol–water partition coefficient (Wildman–Crippen LogP) is 1.50. The molecule has 76 valence electrons. The maximum atomic E-state index is 5.85. The normalized spacial score (nSPS) is 10.1. The summed E-state index contributed by atoms with van der Waals surface area (Å²) < 4.78 is 0. The third kappa shape index (κ3) is 1.83. The molecule has 0 spiro atoms. The summed E-state index contributed by atoms with van der Waals surface area (Å²) in [5.74, 6) is 0. The molecule has 0 unspecified atom stereocenters. The lowest BCUT2D eigenvalue weighted by molar-refractivity contribution is 1.33. The number of hydrogen-bond donors (Lipinski definition) is 3. The number of rotatable bonds is 1. The molecule has 0 atom stereocenters. The quantitative estimate of drug-likeness (QED) is 0.608. The van der Waals surface area contributed by atoms with Gasteiger partial charge in [0.05, 0.1) is 5.69 Å². The summed E-state index contributed by atoms with van der Waals surface area (Å²) in [6.45, 7) is 0. The van der Waals surface area contributed by atoms with Crippen molar-refractivity contribution in [2.24, 2.45) is 0 Å². The average molecular weight is 200 g/mol. The average Bonchev–Trinajstić information content (AvgIpc) is 2.22. The van der Waals surface area contributed by atoms with Crippen molar-refractivity contribution >= 4 is 17.1 Å². The smallest absolute Gasteiger partial charge is 0.0506 e. The summed E-state index contributed by atoms with van der Waals surface area (Å²) in [7, 11) is 0. The number of aromatic nitrogens is 1. The highest BCUT2D eigenvalue weighted by Crippen LogP contribution is 2.28. The molecular formula is C11H12N4. The number of anilines is 3. The van der Waals surface area contributed by atoms with Crippen LogP contribution in [0.1, 0.15) is 0 Å². The van der Waals surface area contributed by atoms with Gasteiger partial charge in [0.2, 0.25) is 0 Å². The third-order valence-electron chi connectivity index (χ3n) is 2.15. The first-order valence-electron chi connectivity index (χ1n) is 4.53. The first kappa shape index (κ1) is 9.33. The molecule has 4 heteroatoms. The molecule has 0 saturated carbocycles. The third-order valence-corrected chi connectivity index (χ3v) is 2.15. The summed E-state index contributed by atoms with van der Waals surface area (Å²) in [6, 6.07) is 7.16. The minimum absolute atomic E-state index is 0.606. The van der Waals surface area contributed by atoms with Crippen molar-refractivity contribution in [3.05, 3.63) is 36.7 Å². The summed E-state index contributed by atoms with van der Waals surface area (Å²) in [6.07, 6.45) is 3.30. The van der Waals surface area contributed by atoms with Gasteiger partial charge in [-0.05, 0) is 24.3 Å². The van der Waals surface area contributed by atoms with Crippen molar-refractivity contribution in [1.29, 1.82) is 0 Å². The largest absolute Gasteiger partial charge is 0.399 e. The van der Waals surface area contributed by atoms with Crippen LogP contribution in [0.25, 0.3) is 11.1 Å². The zero-order chi connectivity index (χ0) is 10.8. The first-order chi connectivity index (χ1) is 7.16. The van der Waals surface area contributed by atoms with E-state index in [4.69, 9.17) is 17.2 Å². The van der Waals surface area contributed by atoms with Gasteiger partial charge in [-0.3, -0.25) is 4.98 Å². The maximum Gasteiger partial charge on any atom is 0.0506 e. The van der Waals surface area contributed by atoms with Crippen molar-refractivity contribution in [2.45, 2.75) is 0 Å². The number of hydrogen-bond acceptors (Lipinski definition) is 4. The van der Waals surface area contributed by atoms with Gasteiger partial charge in [0.25, 0.3) is 0 Å². The van der Waals surface area contributed by atoms with Crippen LogP contribution >= 0.6 is 0 Å². The zero-order valence-electron chi connectivity index (χ0n) is 8.14. The molecular weight excluding hydrogens is 188 g/mol. The Hall–Kier alpha value is -2.23. The molecule has 6 N–H and O–H groups in total. The van der Waals surface area contributed by atoms with Crippen molar-refractivity contribution in [3.63, 3.8) is 0 Å². The Kier molecular flexibility index (Phi) is 2.17. The van der Waals surface area contributed by atoms with Crippen LogP contribution in [-0.4, -0.2) is 4.98 Å². The van der Waals surface area contributed by atoms with Crippen LogP contribution in [0.5, 0.6) is 0 Å². The number of nitrogens with two attached hydrogens (primary N) is 3. The summed E-state index contributed by atoms with van der Waals surface area (Å²) in [4.78, 5) is 4.01. The lowest BCUT2D eigenvalue weighted by atomic mass is 10.0. The molecule has 0 amide bonds. The Morgan fingerprint density at radius 1 is 0.867 bits per heavy atom. The van der Waals surface area contributed by atoms with Crippen LogP contribution < -0.4 is 17.2 Å². The van der Waals surface area contributed by atoms with Gasteiger partial charge in [-0.1, -0.05) is 0 Å². The van der Waals surface area contributed by atoms with E-state index in [2.05, 4.69) is 4.98 Å². The fourth-order valence-electron chi connectivity index (χ4n) is 1.43. The van der Waals surface area contributed by atoms with Crippen molar-refractivity contribution < 1.29 is 0 Å². The molecule has 0 fully saturated rings. The highest BCUT2D eigenvalue weighted by molar-refractivity contribution is 5.79. The van der Waals surface area contributed by atoms with Crippen LogP contribution in [0.4, 0.5) is 17.1 Å². The Balaban J connectivity index is 2.58. The molecule has 1 heterocycles. The number of nitrogen functional groups attached to an aromatic ring is 3. The molecule has 0 saturated heterocycles. The topological polar surface area (TPSA) is 90.9 Å². The second-order valence-corrected chi connectivity index (χ2v) is 3.35. The number of benzene rings is 1. The molecule has 15 heavy (non-hydrogen) atoms. The highest BCUT2D eigenvalue weighted by atomic mass is 14.7. The van der Waals surface area contributed by atoms with E-state index in [1.807, 2.05) is 12.1 Å². The molecule has 1 aromatic carbocycles. The van der Waals surface area contributed by atoms with Crippen molar-refractivity contribution in [2.75, 3.05) is 17.2 Å². The molecule has 0 aliphatic carbocycles. The lowest BCUT2D eigenvalue weighted by Crippen LogP contribution is -1.94. The van der Waals surface area contributed by atoms with Gasteiger partial charge in [-0.15, -0.1) is 0 Å². The number of pyridine rings is 1. The maximum absolute atomic E-state index is 5.85. The fourth-order valence-corrected chi connectivity index (χ4v) is 1.43. The van der Waals surface area contributed by atoms with Crippen LogP contribution in [0.15, 0.2) is 36.7 Å². The molecule has 2 aromatic rings. The molecule has 0 aliphatic rings. The monoisotopic (exact) mass is 200 g/mol.